The minimum Gasteiger partial charge on any atom is -0.354 e. The highest BCUT2D eigenvalue weighted by Crippen LogP contribution is 2.27. The van der Waals surface area contributed by atoms with Crippen LogP contribution in [0, 0.1) is 5.92 Å². The summed E-state index contributed by atoms with van der Waals surface area (Å²) >= 11 is 0. The van der Waals surface area contributed by atoms with Gasteiger partial charge in [0.25, 0.3) is 0 Å². The molecule has 0 spiro atoms. The summed E-state index contributed by atoms with van der Waals surface area (Å²) in [5.74, 6) is 2.01. The molecule has 0 amide bonds. The number of nitrogens with one attached hydrogen (secondary N) is 1. The molecule has 2 aliphatic rings. The Morgan fingerprint density at radius 1 is 1.32 bits per heavy atom. The van der Waals surface area contributed by atoms with Crippen molar-refractivity contribution >= 4 is 5.82 Å². The average Bonchev–Trinajstić information content (AvgIpc) is 3.21. The predicted molar refractivity (Wildman–Crippen MR) is 79.3 cm³/mol. The summed E-state index contributed by atoms with van der Waals surface area (Å²) in [7, 11) is 0. The topological polar surface area (TPSA) is 28.2 Å². The van der Waals surface area contributed by atoms with Gasteiger partial charge in [-0.15, -0.1) is 0 Å². The summed E-state index contributed by atoms with van der Waals surface area (Å²) in [5.41, 5.74) is 1.36. The quantitative estimate of drug-likeness (QED) is 0.901. The van der Waals surface area contributed by atoms with E-state index in [-0.39, 0.29) is 0 Å². The zero-order chi connectivity index (χ0) is 13.2. The molecule has 0 aromatic carbocycles. The summed E-state index contributed by atoms with van der Waals surface area (Å²) in [6, 6.07) is 5.78. The van der Waals surface area contributed by atoms with Crippen LogP contribution < -0.4 is 10.2 Å². The zero-order valence-electron chi connectivity index (χ0n) is 12.1. The van der Waals surface area contributed by atoms with Gasteiger partial charge in [-0.3, -0.25) is 0 Å². The van der Waals surface area contributed by atoms with E-state index in [4.69, 9.17) is 0 Å². The van der Waals surface area contributed by atoms with Gasteiger partial charge in [0.05, 0.1) is 0 Å². The molecule has 2 unspecified atom stereocenters. The number of piperidine rings is 1. The lowest BCUT2D eigenvalue weighted by Crippen LogP contribution is -2.40. The Kier molecular flexibility index (Phi) is 3.74. The monoisotopic (exact) mass is 259 g/mol. The van der Waals surface area contributed by atoms with Gasteiger partial charge in [0.2, 0.25) is 0 Å². The SMILES string of the molecule is CC1CCN(c2cc(CNC3CC3)ccn2)C(C)C1. The fourth-order valence-electron chi connectivity index (χ4n) is 3.02. The molecule has 1 aliphatic heterocycles. The third-order valence-electron chi connectivity index (χ3n) is 4.41. The van der Waals surface area contributed by atoms with Gasteiger partial charge >= 0.3 is 0 Å². The molecule has 3 nitrogen and oxygen atoms in total. The molecule has 104 valence electrons. The summed E-state index contributed by atoms with van der Waals surface area (Å²) in [6.07, 6.45) is 7.23. The lowest BCUT2D eigenvalue weighted by molar-refractivity contribution is 0.376. The predicted octanol–water partition coefficient (Wildman–Crippen LogP) is 2.96. The summed E-state index contributed by atoms with van der Waals surface area (Å²) in [6.45, 7) is 6.82. The highest BCUT2D eigenvalue weighted by atomic mass is 15.2. The minimum absolute atomic E-state index is 0.614. The summed E-state index contributed by atoms with van der Waals surface area (Å²) < 4.78 is 0. The van der Waals surface area contributed by atoms with Crippen molar-refractivity contribution in [2.75, 3.05) is 11.4 Å². The largest absolute Gasteiger partial charge is 0.354 e. The average molecular weight is 259 g/mol. The maximum atomic E-state index is 4.58. The number of rotatable bonds is 4. The van der Waals surface area contributed by atoms with Crippen LogP contribution in [0.1, 0.15) is 45.1 Å². The van der Waals surface area contributed by atoms with E-state index in [0.29, 0.717) is 6.04 Å². The molecule has 1 saturated heterocycles. The van der Waals surface area contributed by atoms with E-state index >= 15 is 0 Å². The fraction of sp³-hybridized carbons (Fsp3) is 0.688. The van der Waals surface area contributed by atoms with Crippen molar-refractivity contribution in [3.63, 3.8) is 0 Å². The van der Waals surface area contributed by atoms with Gasteiger partial charge in [0, 0.05) is 31.4 Å². The first-order valence-corrected chi connectivity index (χ1v) is 7.67. The first kappa shape index (κ1) is 12.9. The lowest BCUT2D eigenvalue weighted by atomic mass is 9.93. The Morgan fingerprint density at radius 2 is 2.16 bits per heavy atom. The Balaban J connectivity index is 1.67. The molecule has 2 atom stereocenters. The van der Waals surface area contributed by atoms with Crippen LogP contribution in [0.2, 0.25) is 0 Å². The van der Waals surface area contributed by atoms with Gasteiger partial charge in [0.15, 0.2) is 0 Å². The number of anilines is 1. The van der Waals surface area contributed by atoms with Crippen LogP contribution in [-0.2, 0) is 6.54 Å². The number of hydrogen-bond acceptors (Lipinski definition) is 3. The molecule has 1 aliphatic carbocycles. The number of aromatic nitrogens is 1. The van der Waals surface area contributed by atoms with Crippen molar-refractivity contribution in [1.82, 2.24) is 10.3 Å². The normalized spacial score (nSPS) is 27.6. The Bertz CT molecular complexity index is 428. The van der Waals surface area contributed by atoms with Gasteiger partial charge in [-0.1, -0.05) is 6.92 Å². The first-order chi connectivity index (χ1) is 9.22. The number of pyridine rings is 1. The molecular formula is C16H25N3. The molecule has 1 N–H and O–H groups in total. The molecule has 0 bridgehead atoms. The molecule has 1 aromatic rings. The minimum atomic E-state index is 0.614. The highest BCUT2D eigenvalue weighted by Gasteiger charge is 2.24. The molecule has 2 heterocycles. The van der Waals surface area contributed by atoms with Gasteiger partial charge in [-0.25, -0.2) is 4.98 Å². The van der Waals surface area contributed by atoms with E-state index in [0.717, 1.165) is 30.9 Å². The van der Waals surface area contributed by atoms with Crippen LogP contribution in [-0.4, -0.2) is 23.6 Å². The van der Waals surface area contributed by atoms with Gasteiger partial charge in [-0.2, -0.15) is 0 Å². The zero-order valence-corrected chi connectivity index (χ0v) is 12.1. The molecule has 1 aromatic heterocycles. The van der Waals surface area contributed by atoms with Crippen molar-refractivity contribution in [3.05, 3.63) is 23.9 Å². The van der Waals surface area contributed by atoms with Crippen molar-refractivity contribution in [3.8, 4) is 0 Å². The van der Waals surface area contributed by atoms with Gasteiger partial charge in [-0.05, 0) is 56.2 Å². The standard InChI is InChI=1S/C16H25N3/c1-12-6-8-19(13(2)9-12)16-10-14(5-7-17-16)11-18-15-3-4-15/h5,7,10,12-13,15,18H,3-4,6,8-9,11H2,1-2H3. The van der Waals surface area contributed by atoms with Crippen molar-refractivity contribution < 1.29 is 0 Å². The van der Waals surface area contributed by atoms with Crippen molar-refractivity contribution in [2.24, 2.45) is 5.92 Å². The van der Waals surface area contributed by atoms with Gasteiger partial charge < -0.3 is 10.2 Å². The van der Waals surface area contributed by atoms with Gasteiger partial charge in [0.1, 0.15) is 5.82 Å². The Hall–Kier alpha value is -1.09. The summed E-state index contributed by atoms with van der Waals surface area (Å²) in [5, 5.41) is 3.57. The van der Waals surface area contributed by atoms with Crippen molar-refractivity contribution in [1.29, 1.82) is 0 Å². The number of nitrogens with zero attached hydrogens (tertiary/aromatic N) is 2. The molecule has 2 fully saturated rings. The molecule has 0 radical (unpaired) electrons. The molecule has 3 rings (SSSR count). The number of hydrogen-bond donors (Lipinski definition) is 1. The van der Waals surface area contributed by atoms with Crippen LogP contribution in [0.15, 0.2) is 18.3 Å². The first-order valence-electron chi connectivity index (χ1n) is 7.67. The summed E-state index contributed by atoms with van der Waals surface area (Å²) in [4.78, 5) is 7.05. The second-order valence-electron chi connectivity index (χ2n) is 6.35. The van der Waals surface area contributed by atoms with E-state index < -0.39 is 0 Å². The van der Waals surface area contributed by atoms with E-state index in [2.05, 4.69) is 41.2 Å². The van der Waals surface area contributed by atoms with Crippen LogP contribution in [0.5, 0.6) is 0 Å². The maximum Gasteiger partial charge on any atom is 0.129 e. The van der Waals surface area contributed by atoms with Crippen LogP contribution >= 0.6 is 0 Å². The molecule has 19 heavy (non-hydrogen) atoms. The Morgan fingerprint density at radius 3 is 2.89 bits per heavy atom. The van der Waals surface area contributed by atoms with Crippen LogP contribution in [0.3, 0.4) is 0 Å². The van der Waals surface area contributed by atoms with Crippen LogP contribution in [0.4, 0.5) is 5.82 Å². The van der Waals surface area contributed by atoms with E-state index in [1.807, 2.05) is 6.20 Å². The van der Waals surface area contributed by atoms with Crippen LogP contribution in [0.25, 0.3) is 0 Å². The van der Waals surface area contributed by atoms with E-state index in [1.54, 1.807) is 0 Å². The second-order valence-corrected chi connectivity index (χ2v) is 6.35. The maximum absolute atomic E-state index is 4.58. The van der Waals surface area contributed by atoms with E-state index in [9.17, 15) is 0 Å². The second kappa shape index (κ2) is 5.49. The Labute approximate surface area is 116 Å². The lowest BCUT2D eigenvalue weighted by Gasteiger charge is -2.37. The fourth-order valence-corrected chi connectivity index (χ4v) is 3.02. The molecule has 3 heteroatoms. The van der Waals surface area contributed by atoms with E-state index in [1.165, 1.54) is 31.2 Å². The molecular weight excluding hydrogens is 234 g/mol. The molecule has 1 saturated carbocycles. The van der Waals surface area contributed by atoms with Crippen molar-refractivity contribution in [2.45, 2.75) is 58.2 Å². The smallest absolute Gasteiger partial charge is 0.129 e. The third kappa shape index (κ3) is 3.27. The third-order valence-corrected chi connectivity index (χ3v) is 4.41. The highest BCUT2D eigenvalue weighted by molar-refractivity contribution is 5.42.